The summed E-state index contributed by atoms with van der Waals surface area (Å²) in [6.07, 6.45) is -0.0832. The number of carbonyl (C=O) groups is 1. The first-order chi connectivity index (χ1) is 11.1. The molecule has 1 aliphatic heterocycles. The van der Waals surface area contributed by atoms with Crippen LogP contribution in [0.2, 0.25) is 0 Å². The fourth-order valence-electron chi connectivity index (χ4n) is 2.79. The Labute approximate surface area is 139 Å². The van der Waals surface area contributed by atoms with Crippen LogP contribution in [0.15, 0.2) is 24.3 Å². The first-order valence-corrected chi connectivity index (χ1v) is 8.57. The number of amides is 1. The third-order valence-electron chi connectivity index (χ3n) is 4.39. The van der Waals surface area contributed by atoms with Crippen molar-refractivity contribution in [1.82, 2.24) is 15.5 Å². The van der Waals surface area contributed by atoms with E-state index in [4.69, 9.17) is 4.74 Å². The molecule has 5 nitrogen and oxygen atoms in total. The molecule has 0 bridgehead atoms. The highest BCUT2D eigenvalue weighted by Crippen LogP contribution is 2.08. The Balaban J connectivity index is 1.82. The zero-order valence-electron chi connectivity index (χ0n) is 14.5. The summed E-state index contributed by atoms with van der Waals surface area (Å²) >= 11 is 0. The molecule has 0 saturated carbocycles. The van der Waals surface area contributed by atoms with Gasteiger partial charge in [0, 0.05) is 19.6 Å². The van der Waals surface area contributed by atoms with Gasteiger partial charge in [-0.1, -0.05) is 38.1 Å². The molecule has 23 heavy (non-hydrogen) atoms. The van der Waals surface area contributed by atoms with Gasteiger partial charge in [-0.2, -0.15) is 0 Å². The molecule has 0 aromatic heterocycles. The van der Waals surface area contributed by atoms with Crippen LogP contribution < -0.4 is 10.6 Å². The van der Waals surface area contributed by atoms with Crippen LogP contribution in [0.3, 0.4) is 0 Å². The molecular weight excluding hydrogens is 290 g/mol. The average molecular weight is 319 g/mol. The molecule has 128 valence electrons. The molecule has 0 spiro atoms. The summed E-state index contributed by atoms with van der Waals surface area (Å²) in [4.78, 5) is 14.6. The normalized spacial score (nSPS) is 21.4. The predicted octanol–water partition coefficient (Wildman–Crippen LogP) is 1.52. The monoisotopic (exact) mass is 319 g/mol. The first-order valence-electron chi connectivity index (χ1n) is 8.57. The lowest BCUT2D eigenvalue weighted by Gasteiger charge is -2.29. The van der Waals surface area contributed by atoms with E-state index >= 15 is 0 Å². The van der Waals surface area contributed by atoms with E-state index in [1.54, 1.807) is 0 Å². The van der Waals surface area contributed by atoms with Crippen LogP contribution in [0.1, 0.15) is 31.9 Å². The van der Waals surface area contributed by atoms with Crippen molar-refractivity contribution in [2.45, 2.75) is 46.0 Å². The number of benzene rings is 1. The van der Waals surface area contributed by atoms with Crippen LogP contribution in [0.25, 0.3) is 0 Å². The maximum atomic E-state index is 12.2. The van der Waals surface area contributed by atoms with Crippen LogP contribution in [0.4, 0.5) is 0 Å². The topological polar surface area (TPSA) is 53.6 Å². The number of hydrogen-bond donors (Lipinski definition) is 2. The van der Waals surface area contributed by atoms with E-state index in [9.17, 15) is 4.79 Å². The van der Waals surface area contributed by atoms with Gasteiger partial charge in [-0.05, 0) is 31.1 Å². The fourth-order valence-corrected chi connectivity index (χ4v) is 2.79. The zero-order chi connectivity index (χ0) is 16.7. The van der Waals surface area contributed by atoms with Gasteiger partial charge < -0.3 is 15.4 Å². The van der Waals surface area contributed by atoms with E-state index in [0.29, 0.717) is 13.2 Å². The second-order valence-electron chi connectivity index (χ2n) is 6.00. The lowest BCUT2D eigenvalue weighted by Crippen LogP contribution is -2.55. The molecule has 1 aromatic carbocycles. The third kappa shape index (κ3) is 5.30. The van der Waals surface area contributed by atoms with Crippen LogP contribution in [0, 0.1) is 0 Å². The molecule has 2 atom stereocenters. The van der Waals surface area contributed by atoms with Crippen molar-refractivity contribution in [1.29, 1.82) is 0 Å². The van der Waals surface area contributed by atoms with Crippen LogP contribution >= 0.6 is 0 Å². The zero-order valence-corrected chi connectivity index (χ0v) is 14.5. The van der Waals surface area contributed by atoms with Crippen LogP contribution in [0.5, 0.6) is 0 Å². The molecule has 1 aliphatic rings. The number of carbonyl (C=O) groups excluding carboxylic acids is 1. The van der Waals surface area contributed by atoms with Gasteiger partial charge in [0.2, 0.25) is 5.91 Å². The molecule has 1 amide bonds. The van der Waals surface area contributed by atoms with Crippen molar-refractivity contribution in [2.24, 2.45) is 0 Å². The SMILES string of the molecule is CCN(CC)Cc1ccc(CNC(=O)[C@H]2NCCO[C@@H]2C)cc1. The minimum absolute atomic E-state index is 0.00409. The maximum Gasteiger partial charge on any atom is 0.240 e. The third-order valence-corrected chi connectivity index (χ3v) is 4.39. The second-order valence-corrected chi connectivity index (χ2v) is 6.00. The van der Waals surface area contributed by atoms with E-state index in [-0.39, 0.29) is 18.1 Å². The highest BCUT2D eigenvalue weighted by atomic mass is 16.5. The van der Waals surface area contributed by atoms with Gasteiger partial charge in [-0.15, -0.1) is 0 Å². The van der Waals surface area contributed by atoms with Gasteiger partial charge in [0.1, 0.15) is 6.04 Å². The summed E-state index contributed by atoms with van der Waals surface area (Å²) in [6.45, 7) is 11.3. The standard InChI is InChI=1S/C18H29N3O2/c1-4-21(5-2)13-16-8-6-15(7-9-16)12-20-18(22)17-14(3)23-11-10-19-17/h6-9,14,17,19H,4-5,10-13H2,1-3H3,(H,20,22)/t14-,17+/m1/s1. The smallest absolute Gasteiger partial charge is 0.240 e. The minimum Gasteiger partial charge on any atom is -0.375 e. The Morgan fingerprint density at radius 3 is 2.52 bits per heavy atom. The highest BCUT2D eigenvalue weighted by Gasteiger charge is 2.27. The van der Waals surface area contributed by atoms with Crippen molar-refractivity contribution in [2.75, 3.05) is 26.2 Å². The summed E-state index contributed by atoms with van der Waals surface area (Å²) in [6, 6.07) is 8.21. The lowest BCUT2D eigenvalue weighted by molar-refractivity contribution is -0.129. The van der Waals surface area contributed by atoms with E-state index in [0.717, 1.165) is 31.7 Å². The van der Waals surface area contributed by atoms with Gasteiger partial charge in [0.25, 0.3) is 0 Å². The number of morpholine rings is 1. The molecular formula is C18H29N3O2. The highest BCUT2D eigenvalue weighted by molar-refractivity contribution is 5.82. The van der Waals surface area contributed by atoms with Crippen LogP contribution in [-0.4, -0.2) is 49.2 Å². The quantitative estimate of drug-likeness (QED) is 0.800. The molecule has 0 radical (unpaired) electrons. The first kappa shape index (κ1) is 17.9. The van der Waals surface area contributed by atoms with Crippen molar-refractivity contribution < 1.29 is 9.53 Å². The lowest BCUT2D eigenvalue weighted by atomic mass is 10.1. The van der Waals surface area contributed by atoms with Gasteiger partial charge in [0.15, 0.2) is 0 Å². The van der Waals surface area contributed by atoms with E-state index < -0.39 is 0 Å². The molecule has 0 unspecified atom stereocenters. The fraction of sp³-hybridized carbons (Fsp3) is 0.611. The van der Waals surface area contributed by atoms with Crippen molar-refractivity contribution >= 4 is 5.91 Å². The van der Waals surface area contributed by atoms with Gasteiger partial charge >= 0.3 is 0 Å². The molecule has 1 heterocycles. The molecule has 2 N–H and O–H groups in total. The number of hydrogen-bond acceptors (Lipinski definition) is 4. The Hall–Kier alpha value is -1.43. The Bertz CT molecular complexity index is 486. The summed E-state index contributed by atoms with van der Waals surface area (Å²) in [5.41, 5.74) is 2.42. The van der Waals surface area contributed by atoms with Gasteiger partial charge in [-0.3, -0.25) is 9.69 Å². The van der Waals surface area contributed by atoms with E-state index in [2.05, 4.69) is 53.6 Å². The Morgan fingerprint density at radius 2 is 1.91 bits per heavy atom. The molecule has 1 fully saturated rings. The Kier molecular flexibility index (Phi) is 7.02. The largest absolute Gasteiger partial charge is 0.375 e. The number of nitrogens with zero attached hydrogens (tertiary/aromatic N) is 1. The Morgan fingerprint density at radius 1 is 1.26 bits per heavy atom. The predicted molar refractivity (Wildman–Crippen MR) is 92.1 cm³/mol. The van der Waals surface area contributed by atoms with E-state index in [1.807, 2.05) is 6.92 Å². The summed E-state index contributed by atoms with van der Waals surface area (Å²) in [5, 5.41) is 6.20. The number of rotatable bonds is 7. The molecule has 1 saturated heterocycles. The summed E-state index contributed by atoms with van der Waals surface area (Å²) in [7, 11) is 0. The second kappa shape index (κ2) is 9.01. The molecule has 1 aromatic rings. The average Bonchev–Trinajstić information content (AvgIpc) is 2.59. The summed E-state index contributed by atoms with van der Waals surface area (Å²) < 4.78 is 5.51. The van der Waals surface area contributed by atoms with Crippen molar-refractivity contribution in [3.05, 3.63) is 35.4 Å². The minimum atomic E-state index is -0.259. The number of nitrogens with one attached hydrogen (secondary N) is 2. The van der Waals surface area contributed by atoms with E-state index in [1.165, 1.54) is 5.56 Å². The van der Waals surface area contributed by atoms with Crippen molar-refractivity contribution in [3.63, 3.8) is 0 Å². The molecule has 0 aliphatic carbocycles. The molecule has 2 rings (SSSR count). The number of ether oxygens (including phenoxy) is 1. The van der Waals surface area contributed by atoms with Crippen LogP contribution in [-0.2, 0) is 22.6 Å². The van der Waals surface area contributed by atoms with Crippen molar-refractivity contribution in [3.8, 4) is 0 Å². The van der Waals surface area contributed by atoms with Gasteiger partial charge in [0.05, 0.1) is 12.7 Å². The van der Waals surface area contributed by atoms with Gasteiger partial charge in [-0.25, -0.2) is 0 Å². The summed E-state index contributed by atoms with van der Waals surface area (Å²) in [5.74, 6) is 0.00409. The molecule has 5 heteroatoms. The maximum absolute atomic E-state index is 12.2.